The molecule has 0 aliphatic carbocycles. The molecule has 0 radical (unpaired) electrons. The predicted octanol–water partition coefficient (Wildman–Crippen LogP) is 2.73. The van der Waals surface area contributed by atoms with E-state index in [1.54, 1.807) is 6.92 Å². The third kappa shape index (κ3) is 8.65. The normalized spacial score (nSPS) is 18.5. The number of carbonyl (C=O) groups is 1. The number of anilines is 1. The van der Waals surface area contributed by atoms with Crippen molar-refractivity contribution in [3.8, 4) is 0 Å². The number of amides is 1. The van der Waals surface area contributed by atoms with Gasteiger partial charge in [-0.1, -0.05) is 20.3 Å². The minimum absolute atomic E-state index is 0.147. The first-order valence-electron chi connectivity index (χ1n) is 8.51. The zero-order valence-corrected chi connectivity index (χ0v) is 15.9. The lowest BCUT2D eigenvalue weighted by molar-refractivity contribution is -0.171. The summed E-state index contributed by atoms with van der Waals surface area (Å²) >= 11 is 0. The SMILES string of the molecule is CCC.CCO.Cn1cc(N(C(=O)C(F)(F)F)C2CNCC(F)(F)C2)cn1. The number of rotatable bonds is 2. The summed E-state index contributed by atoms with van der Waals surface area (Å²) < 4.78 is 66.1. The first-order valence-corrected chi connectivity index (χ1v) is 8.51. The van der Waals surface area contributed by atoms with Gasteiger partial charge in [-0.3, -0.25) is 14.4 Å². The number of alkyl halides is 5. The van der Waals surface area contributed by atoms with Gasteiger partial charge in [0.15, 0.2) is 0 Å². The molecule has 1 amide bonds. The molecule has 1 aromatic heterocycles. The molecule has 0 bridgehead atoms. The Hall–Kier alpha value is -1.75. The second-order valence-corrected chi connectivity index (χ2v) is 5.91. The number of aromatic nitrogens is 2. The van der Waals surface area contributed by atoms with Gasteiger partial charge in [0.1, 0.15) is 0 Å². The van der Waals surface area contributed by atoms with Crippen molar-refractivity contribution < 1.29 is 31.9 Å². The smallest absolute Gasteiger partial charge is 0.397 e. The van der Waals surface area contributed by atoms with Crippen molar-refractivity contribution in [3.05, 3.63) is 12.4 Å². The van der Waals surface area contributed by atoms with E-state index in [0.29, 0.717) is 4.90 Å². The van der Waals surface area contributed by atoms with Crippen molar-refractivity contribution in [3.63, 3.8) is 0 Å². The zero-order valence-electron chi connectivity index (χ0n) is 15.9. The lowest BCUT2D eigenvalue weighted by atomic mass is 10.0. The van der Waals surface area contributed by atoms with Crippen molar-refractivity contribution in [2.45, 2.75) is 51.8 Å². The number of hydrogen-bond acceptors (Lipinski definition) is 4. The van der Waals surface area contributed by atoms with Crippen molar-refractivity contribution >= 4 is 11.6 Å². The van der Waals surface area contributed by atoms with Crippen LogP contribution in [0.2, 0.25) is 0 Å². The Bertz CT molecular complexity index is 561. The van der Waals surface area contributed by atoms with E-state index >= 15 is 0 Å². The van der Waals surface area contributed by atoms with Crippen molar-refractivity contribution in [2.75, 3.05) is 24.6 Å². The summed E-state index contributed by atoms with van der Waals surface area (Å²) in [7, 11) is 1.45. The summed E-state index contributed by atoms with van der Waals surface area (Å²) in [5.41, 5.74) is -0.163. The average molecular weight is 402 g/mol. The van der Waals surface area contributed by atoms with Crippen LogP contribution >= 0.6 is 0 Å². The number of halogens is 5. The number of carbonyl (C=O) groups excluding carboxylic acids is 1. The second-order valence-electron chi connectivity index (χ2n) is 5.91. The van der Waals surface area contributed by atoms with Gasteiger partial charge in [-0.15, -0.1) is 0 Å². The number of nitrogens with one attached hydrogen (secondary N) is 1. The Morgan fingerprint density at radius 3 is 2.30 bits per heavy atom. The van der Waals surface area contributed by atoms with Crippen LogP contribution in [0.1, 0.15) is 33.6 Å². The summed E-state index contributed by atoms with van der Waals surface area (Å²) in [4.78, 5) is 11.9. The Balaban J connectivity index is 0.000000997. The number of hydrogen-bond donors (Lipinski definition) is 2. The van der Waals surface area contributed by atoms with Gasteiger partial charge in [-0.05, 0) is 6.92 Å². The molecule has 1 aliphatic heterocycles. The summed E-state index contributed by atoms with van der Waals surface area (Å²) in [5.74, 6) is -5.35. The molecule has 1 aliphatic rings. The van der Waals surface area contributed by atoms with Crippen LogP contribution < -0.4 is 10.2 Å². The van der Waals surface area contributed by atoms with Crippen LogP contribution in [0.3, 0.4) is 0 Å². The van der Waals surface area contributed by atoms with Crippen LogP contribution in [-0.4, -0.2) is 58.6 Å². The summed E-state index contributed by atoms with van der Waals surface area (Å²) in [6.45, 7) is 5.41. The molecular weight excluding hydrogens is 375 g/mol. The fourth-order valence-corrected chi connectivity index (χ4v) is 2.26. The third-order valence-corrected chi connectivity index (χ3v) is 3.09. The highest BCUT2D eigenvalue weighted by Crippen LogP contribution is 2.31. The summed E-state index contributed by atoms with van der Waals surface area (Å²) in [6.07, 6.45) is -2.52. The molecule has 1 fully saturated rings. The van der Waals surface area contributed by atoms with Crippen molar-refractivity contribution in [1.29, 1.82) is 0 Å². The minimum atomic E-state index is -5.15. The maximum Gasteiger partial charge on any atom is 0.471 e. The molecule has 158 valence electrons. The Morgan fingerprint density at radius 2 is 1.93 bits per heavy atom. The fourth-order valence-electron chi connectivity index (χ4n) is 2.26. The Kier molecular flexibility index (Phi) is 10.5. The molecule has 1 atom stereocenters. The molecule has 2 rings (SSSR count). The monoisotopic (exact) mass is 402 g/mol. The quantitative estimate of drug-likeness (QED) is 0.747. The van der Waals surface area contributed by atoms with E-state index in [-0.39, 0.29) is 18.8 Å². The first kappa shape index (κ1) is 25.2. The molecule has 2 N–H and O–H groups in total. The van der Waals surface area contributed by atoms with Gasteiger partial charge in [0.05, 0.1) is 24.5 Å². The van der Waals surface area contributed by atoms with E-state index in [0.717, 1.165) is 6.20 Å². The van der Waals surface area contributed by atoms with E-state index in [1.807, 2.05) is 0 Å². The second kappa shape index (κ2) is 11.2. The number of aliphatic hydroxyl groups is 1. The largest absolute Gasteiger partial charge is 0.471 e. The molecule has 1 unspecified atom stereocenters. The van der Waals surface area contributed by atoms with Gasteiger partial charge in [-0.2, -0.15) is 18.3 Å². The molecule has 1 saturated heterocycles. The third-order valence-electron chi connectivity index (χ3n) is 3.09. The van der Waals surface area contributed by atoms with Crippen LogP contribution in [0.15, 0.2) is 12.4 Å². The van der Waals surface area contributed by atoms with Crippen LogP contribution in [0, 0.1) is 0 Å². The number of nitrogens with zero attached hydrogens (tertiary/aromatic N) is 3. The summed E-state index contributed by atoms with van der Waals surface area (Å²) in [6, 6.07) is -1.30. The molecule has 2 heterocycles. The highest BCUT2D eigenvalue weighted by Gasteiger charge is 2.48. The van der Waals surface area contributed by atoms with Gasteiger partial charge in [0.2, 0.25) is 0 Å². The van der Waals surface area contributed by atoms with Crippen LogP contribution in [-0.2, 0) is 11.8 Å². The van der Waals surface area contributed by atoms with Gasteiger partial charge in [0, 0.05) is 32.8 Å². The van der Waals surface area contributed by atoms with E-state index < -0.39 is 37.0 Å². The van der Waals surface area contributed by atoms with E-state index in [2.05, 4.69) is 24.3 Å². The Morgan fingerprint density at radius 1 is 1.41 bits per heavy atom. The zero-order chi connectivity index (χ0) is 21.3. The molecule has 27 heavy (non-hydrogen) atoms. The molecule has 0 spiro atoms. The maximum atomic E-state index is 13.4. The minimum Gasteiger partial charge on any atom is -0.397 e. The van der Waals surface area contributed by atoms with Gasteiger partial charge < -0.3 is 10.4 Å². The number of piperidine rings is 1. The predicted molar refractivity (Wildman–Crippen MR) is 91.7 cm³/mol. The van der Waals surface area contributed by atoms with Gasteiger partial charge in [0.25, 0.3) is 5.92 Å². The molecular formula is C16H27F5N4O2. The first-order chi connectivity index (χ1) is 12.4. The van der Waals surface area contributed by atoms with Crippen LogP contribution in [0.4, 0.5) is 27.6 Å². The topological polar surface area (TPSA) is 70.4 Å². The van der Waals surface area contributed by atoms with Crippen LogP contribution in [0.5, 0.6) is 0 Å². The van der Waals surface area contributed by atoms with Crippen LogP contribution in [0.25, 0.3) is 0 Å². The molecule has 0 saturated carbocycles. The molecule has 6 nitrogen and oxygen atoms in total. The van der Waals surface area contributed by atoms with Crippen molar-refractivity contribution in [2.24, 2.45) is 7.05 Å². The lowest BCUT2D eigenvalue weighted by Crippen LogP contribution is -2.57. The molecule has 0 aromatic carbocycles. The molecule has 1 aromatic rings. The van der Waals surface area contributed by atoms with Gasteiger partial charge in [-0.25, -0.2) is 8.78 Å². The van der Waals surface area contributed by atoms with E-state index in [1.165, 1.54) is 24.3 Å². The van der Waals surface area contributed by atoms with Gasteiger partial charge >= 0.3 is 12.1 Å². The highest BCUT2D eigenvalue weighted by atomic mass is 19.4. The average Bonchev–Trinajstić information content (AvgIpc) is 2.93. The van der Waals surface area contributed by atoms with Crippen molar-refractivity contribution in [1.82, 2.24) is 15.1 Å². The fraction of sp³-hybridized carbons (Fsp3) is 0.750. The lowest BCUT2D eigenvalue weighted by Gasteiger charge is -2.37. The standard InChI is InChI=1S/C11H13F5N4O.C3H8.C2H6O/c1-19-5-8(4-18-19)20(9(21)11(14,15)16)7-2-10(12,13)6-17-3-7;1-3-2;1-2-3/h4-5,7,17H,2-3,6H2,1H3;3H2,1-2H3;3H,2H2,1H3. The van der Waals surface area contributed by atoms with E-state index in [4.69, 9.17) is 5.11 Å². The summed E-state index contributed by atoms with van der Waals surface area (Å²) in [5, 5.41) is 13.6. The Labute approximate surface area is 155 Å². The highest BCUT2D eigenvalue weighted by molar-refractivity contribution is 5.97. The number of aryl methyl sites for hydroxylation is 1. The number of aliphatic hydroxyl groups excluding tert-OH is 1. The molecule has 11 heteroatoms. The maximum absolute atomic E-state index is 13.4. The van der Waals surface area contributed by atoms with E-state index in [9.17, 15) is 26.7 Å².